The number of para-hydroxylation sites is 1. The second-order valence-corrected chi connectivity index (χ2v) is 5.83. The largest absolute Gasteiger partial charge is 0.335 e. The maximum absolute atomic E-state index is 12.7. The summed E-state index contributed by atoms with van der Waals surface area (Å²) in [6.45, 7) is 4.89. The molecule has 24 heavy (non-hydrogen) atoms. The van der Waals surface area contributed by atoms with Gasteiger partial charge in [-0.2, -0.15) is 0 Å². The van der Waals surface area contributed by atoms with Crippen LogP contribution in [0, 0.1) is 6.92 Å². The lowest BCUT2D eigenvalue weighted by atomic mass is 10.2. The summed E-state index contributed by atoms with van der Waals surface area (Å²) in [5, 5.41) is 12.6. The molecule has 0 radical (unpaired) electrons. The van der Waals surface area contributed by atoms with E-state index in [4.69, 9.17) is 0 Å². The molecule has 0 unspecified atom stereocenters. The van der Waals surface area contributed by atoms with Gasteiger partial charge in [-0.3, -0.25) is 9.78 Å². The lowest BCUT2D eigenvalue weighted by Gasteiger charge is -2.26. The van der Waals surface area contributed by atoms with Gasteiger partial charge in [-0.1, -0.05) is 23.4 Å². The van der Waals surface area contributed by atoms with Crippen molar-refractivity contribution < 1.29 is 4.79 Å². The molecule has 1 aromatic carbocycles. The summed E-state index contributed by atoms with van der Waals surface area (Å²) in [5.74, 6) is -0.0616. The van der Waals surface area contributed by atoms with E-state index in [2.05, 4.69) is 20.6 Å². The number of nitrogens with zero attached hydrogens (tertiary/aromatic N) is 5. The maximum Gasteiger partial charge on any atom is 0.276 e. The third-order valence-electron chi connectivity index (χ3n) is 4.34. The van der Waals surface area contributed by atoms with Crippen molar-refractivity contribution in [1.29, 1.82) is 0 Å². The average Bonchev–Trinajstić information content (AvgIpc) is 3.02. The van der Waals surface area contributed by atoms with Crippen LogP contribution in [0.1, 0.15) is 16.2 Å². The van der Waals surface area contributed by atoms with Crippen molar-refractivity contribution in [1.82, 2.24) is 30.2 Å². The summed E-state index contributed by atoms with van der Waals surface area (Å²) >= 11 is 0. The predicted octanol–water partition coefficient (Wildman–Crippen LogP) is 1.17. The van der Waals surface area contributed by atoms with E-state index in [0.29, 0.717) is 18.8 Å². The Labute approximate surface area is 139 Å². The van der Waals surface area contributed by atoms with Gasteiger partial charge in [0, 0.05) is 37.8 Å². The Kier molecular flexibility index (Phi) is 3.70. The Bertz CT molecular complexity index is 892. The fourth-order valence-corrected chi connectivity index (χ4v) is 3.03. The van der Waals surface area contributed by atoms with Gasteiger partial charge >= 0.3 is 0 Å². The zero-order chi connectivity index (χ0) is 16.5. The molecule has 0 aliphatic carbocycles. The van der Waals surface area contributed by atoms with E-state index in [0.717, 1.165) is 35.4 Å². The van der Waals surface area contributed by atoms with Crippen molar-refractivity contribution in [2.24, 2.45) is 0 Å². The number of hydrogen-bond donors (Lipinski definition) is 1. The highest BCUT2D eigenvalue weighted by atomic mass is 16.2. The molecule has 0 bridgehead atoms. The highest BCUT2D eigenvalue weighted by Gasteiger charge is 2.24. The first-order chi connectivity index (χ1) is 11.8. The molecule has 1 fully saturated rings. The highest BCUT2D eigenvalue weighted by molar-refractivity contribution is 5.94. The lowest BCUT2D eigenvalue weighted by molar-refractivity contribution is 0.0729. The second-order valence-electron chi connectivity index (χ2n) is 5.83. The van der Waals surface area contributed by atoms with E-state index in [1.807, 2.05) is 42.2 Å². The van der Waals surface area contributed by atoms with E-state index in [-0.39, 0.29) is 5.91 Å². The van der Waals surface area contributed by atoms with Crippen molar-refractivity contribution in [3.8, 4) is 5.69 Å². The number of nitrogens with one attached hydrogen (secondary N) is 1. The van der Waals surface area contributed by atoms with Gasteiger partial charge in [0.2, 0.25) is 0 Å². The van der Waals surface area contributed by atoms with Crippen LogP contribution in [0.25, 0.3) is 16.6 Å². The number of hydrogen-bond acceptors (Lipinski definition) is 5. The van der Waals surface area contributed by atoms with Crippen LogP contribution in [-0.2, 0) is 0 Å². The van der Waals surface area contributed by atoms with Gasteiger partial charge in [0.05, 0.1) is 16.9 Å². The van der Waals surface area contributed by atoms with Gasteiger partial charge in [-0.05, 0) is 19.1 Å². The molecule has 1 aliphatic rings. The van der Waals surface area contributed by atoms with Crippen molar-refractivity contribution in [2.75, 3.05) is 26.2 Å². The predicted molar refractivity (Wildman–Crippen MR) is 90.2 cm³/mol. The fourth-order valence-electron chi connectivity index (χ4n) is 3.03. The molecule has 1 amide bonds. The number of rotatable bonds is 2. The molecule has 3 aromatic rings. The molecular formula is C17H18N6O. The molecule has 0 saturated carbocycles. The monoisotopic (exact) mass is 322 g/mol. The fraction of sp³-hybridized carbons (Fsp3) is 0.294. The molecule has 4 rings (SSSR count). The van der Waals surface area contributed by atoms with Gasteiger partial charge in [0.1, 0.15) is 0 Å². The SMILES string of the molecule is Cc1c(C(=O)N2CCNCC2)nnn1-c1cccc2cccnc12. The van der Waals surface area contributed by atoms with Gasteiger partial charge in [-0.15, -0.1) is 5.10 Å². The molecule has 1 N–H and O–H groups in total. The number of pyridine rings is 1. The van der Waals surface area contributed by atoms with Crippen LogP contribution >= 0.6 is 0 Å². The quantitative estimate of drug-likeness (QED) is 0.766. The summed E-state index contributed by atoms with van der Waals surface area (Å²) in [5.41, 5.74) is 2.81. The smallest absolute Gasteiger partial charge is 0.276 e. The number of aromatic nitrogens is 4. The summed E-state index contributed by atoms with van der Waals surface area (Å²) in [7, 11) is 0. The topological polar surface area (TPSA) is 75.9 Å². The molecule has 0 spiro atoms. The zero-order valence-electron chi connectivity index (χ0n) is 13.4. The molecule has 3 heterocycles. The standard InChI is InChI=1S/C17H18N6O/c1-12-15(17(24)22-10-8-18-9-11-22)20-21-23(12)14-6-2-4-13-5-3-7-19-16(13)14/h2-7,18H,8-11H2,1H3. The molecule has 0 atom stereocenters. The van der Waals surface area contributed by atoms with Gasteiger partial charge < -0.3 is 10.2 Å². The van der Waals surface area contributed by atoms with Gasteiger partial charge in [0.25, 0.3) is 5.91 Å². The average molecular weight is 322 g/mol. The van der Waals surface area contributed by atoms with E-state index in [9.17, 15) is 4.79 Å². The Morgan fingerprint density at radius 1 is 1.17 bits per heavy atom. The van der Waals surface area contributed by atoms with Crippen molar-refractivity contribution in [3.63, 3.8) is 0 Å². The molecule has 122 valence electrons. The Morgan fingerprint density at radius 2 is 1.96 bits per heavy atom. The first kappa shape index (κ1) is 14.8. The van der Waals surface area contributed by atoms with Crippen LogP contribution in [0.15, 0.2) is 36.5 Å². The Hall–Kier alpha value is -2.80. The number of amides is 1. The number of carbonyl (C=O) groups is 1. The van der Waals surface area contributed by atoms with Gasteiger partial charge in [-0.25, -0.2) is 4.68 Å². The lowest BCUT2D eigenvalue weighted by Crippen LogP contribution is -2.46. The summed E-state index contributed by atoms with van der Waals surface area (Å²) in [6, 6.07) is 9.81. The van der Waals surface area contributed by atoms with Crippen LogP contribution in [0.4, 0.5) is 0 Å². The first-order valence-corrected chi connectivity index (χ1v) is 8.02. The zero-order valence-corrected chi connectivity index (χ0v) is 13.4. The summed E-state index contributed by atoms with van der Waals surface area (Å²) < 4.78 is 1.70. The van der Waals surface area contributed by atoms with E-state index in [1.54, 1.807) is 10.9 Å². The summed E-state index contributed by atoms with van der Waals surface area (Å²) in [6.07, 6.45) is 1.75. The van der Waals surface area contributed by atoms with Crippen LogP contribution in [-0.4, -0.2) is 57.0 Å². The third-order valence-corrected chi connectivity index (χ3v) is 4.34. The molecular weight excluding hydrogens is 304 g/mol. The number of fused-ring (bicyclic) bond motifs is 1. The van der Waals surface area contributed by atoms with E-state index >= 15 is 0 Å². The van der Waals surface area contributed by atoms with Gasteiger partial charge in [0.15, 0.2) is 5.69 Å². The highest BCUT2D eigenvalue weighted by Crippen LogP contribution is 2.21. The molecule has 7 heteroatoms. The number of piperazine rings is 1. The van der Waals surface area contributed by atoms with Crippen LogP contribution in [0.2, 0.25) is 0 Å². The number of carbonyl (C=O) groups excluding carboxylic acids is 1. The normalized spacial score (nSPS) is 15.0. The Balaban J connectivity index is 1.75. The molecule has 2 aromatic heterocycles. The van der Waals surface area contributed by atoms with E-state index < -0.39 is 0 Å². The summed E-state index contributed by atoms with van der Waals surface area (Å²) in [4.78, 5) is 19.0. The Morgan fingerprint density at radius 3 is 2.79 bits per heavy atom. The molecule has 1 saturated heterocycles. The molecule has 1 aliphatic heterocycles. The molecule has 7 nitrogen and oxygen atoms in total. The van der Waals surface area contributed by atoms with Crippen LogP contribution < -0.4 is 5.32 Å². The minimum Gasteiger partial charge on any atom is -0.335 e. The van der Waals surface area contributed by atoms with Crippen LogP contribution in [0.3, 0.4) is 0 Å². The first-order valence-electron chi connectivity index (χ1n) is 8.02. The van der Waals surface area contributed by atoms with E-state index in [1.165, 1.54) is 0 Å². The maximum atomic E-state index is 12.7. The second kappa shape index (κ2) is 6.01. The van der Waals surface area contributed by atoms with Crippen molar-refractivity contribution >= 4 is 16.8 Å². The number of benzene rings is 1. The van der Waals surface area contributed by atoms with Crippen molar-refractivity contribution in [2.45, 2.75) is 6.92 Å². The third kappa shape index (κ3) is 2.43. The van der Waals surface area contributed by atoms with Crippen LogP contribution in [0.5, 0.6) is 0 Å². The van der Waals surface area contributed by atoms with Crippen molar-refractivity contribution in [3.05, 3.63) is 47.9 Å². The minimum atomic E-state index is -0.0616. The minimum absolute atomic E-state index is 0.0616.